The minimum atomic E-state index is 0.272. The summed E-state index contributed by atoms with van der Waals surface area (Å²) in [4.78, 5) is 0. The first kappa shape index (κ1) is 15.9. The normalized spacial score (nSPS) is 14.4. The quantitative estimate of drug-likeness (QED) is 0.644. The standard InChI is InChI=1S/C14H31NO/c1-7-15-13(14(4,5)6)11-16-10-8-9-12(2)3/h12-13,15H,7-11H2,1-6H3. The third-order valence-corrected chi connectivity index (χ3v) is 2.85. The zero-order valence-corrected chi connectivity index (χ0v) is 12.1. The summed E-state index contributed by atoms with van der Waals surface area (Å²) in [7, 11) is 0. The lowest BCUT2D eigenvalue weighted by molar-refractivity contribution is 0.0726. The van der Waals surface area contributed by atoms with E-state index in [0.717, 1.165) is 25.7 Å². The summed E-state index contributed by atoms with van der Waals surface area (Å²) in [5, 5.41) is 3.50. The van der Waals surface area contributed by atoms with Gasteiger partial charge >= 0.3 is 0 Å². The molecule has 16 heavy (non-hydrogen) atoms. The van der Waals surface area contributed by atoms with Gasteiger partial charge in [-0.3, -0.25) is 0 Å². The Morgan fingerprint density at radius 1 is 1.19 bits per heavy atom. The third kappa shape index (κ3) is 8.12. The molecule has 0 fully saturated rings. The van der Waals surface area contributed by atoms with Crippen LogP contribution in [0.15, 0.2) is 0 Å². The summed E-state index contributed by atoms with van der Waals surface area (Å²) in [6.45, 7) is 16.2. The highest BCUT2D eigenvalue weighted by atomic mass is 16.5. The van der Waals surface area contributed by atoms with Gasteiger partial charge < -0.3 is 10.1 Å². The molecule has 1 atom stereocenters. The average molecular weight is 229 g/mol. The Morgan fingerprint density at radius 3 is 2.25 bits per heavy atom. The lowest BCUT2D eigenvalue weighted by atomic mass is 9.87. The second-order valence-electron chi connectivity index (χ2n) is 6.09. The Hall–Kier alpha value is -0.0800. The van der Waals surface area contributed by atoms with E-state index in [0.29, 0.717) is 6.04 Å². The summed E-state index contributed by atoms with van der Waals surface area (Å²) in [5.41, 5.74) is 0.272. The number of hydrogen-bond donors (Lipinski definition) is 1. The van der Waals surface area contributed by atoms with E-state index in [2.05, 4.69) is 46.9 Å². The molecule has 98 valence electrons. The number of rotatable bonds is 8. The topological polar surface area (TPSA) is 21.3 Å². The molecular weight excluding hydrogens is 198 g/mol. The van der Waals surface area contributed by atoms with Crippen LogP contribution < -0.4 is 5.32 Å². The van der Waals surface area contributed by atoms with Crippen molar-refractivity contribution in [3.05, 3.63) is 0 Å². The maximum absolute atomic E-state index is 5.76. The number of nitrogens with one attached hydrogen (secondary N) is 1. The molecule has 0 aromatic rings. The first-order valence-corrected chi connectivity index (χ1v) is 6.69. The lowest BCUT2D eigenvalue weighted by Crippen LogP contribution is -2.43. The van der Waals surface area contributed by atoms with Crippen LogP contribution in [0.2, 0.25) is 0 Å². The van der Waals surface area contributed by atoms with Crippen molar-refractivity contribution in [2.75, 3.05) is 19.8 Å². The largest absolute Gasteiger partial charge is 0.380 e. The van der Waals surface area contributed by atoms with Gasteiger partial charge in [0.2, 0.25) is 0 Å². The van der Waals surface area contributed by atoms with Crippen LogP contribution in [0.25, 0.3) is 0 Å². The van der Waals surface area contributed by atoms with Crippen LogP contribution in [-0.4, -0.2) is 25.8 Å². The fraction of sp³-hybridized carbons (Fsp3) is 1.00. The fourth-order valence-corrected chi connectivity index (χ4v) is 1.66. The van der Waals surface area contributed by atoms with Crippen molar-refractivity contribution in [1.82, 2.24) is 5.32 Å². The second kappa shape index (κ2) is 8.08. The van der Waals surface area contributed by atoms with E-state index in [-0.39, 0.29) is 5.41 Å². The molecule has 0 rings (SSSR count). The molecular formula is C14H31NO. The summed E-state index contributed by atoms with van der Waals surface area (Å²) >= 11 is 0. The van der Waals surface area contributed by atoms with Gasteiger partial charge in [0.1, 0.15) is 0 Å². The Bertz CT molecular complexity index is 161. The van der Waals surface area contributed by atoms with Crippen molar-refractivity contribution >= 4 is 0 Å². The van der Waals surface area contributed by atoms with Crippen LogP contribution in [0.1, 0.15) is 54.4 Å². The third-order valence-electron chi connectivity index (χ3n) is 2.85. The SMILES string of the molecule is CCNC(COCCCC(C)C)C(C)(C)C. The van der Waals surface area contributed by atoms with E-state index in [1.54, 1.807) is 0 Å². The summed E-state index contributed by atoms with van der Waals surface area (Å²) in [6, 6.07) is 0.455. The van der Waals surface area contributed by atoms with Crippen molar-refractivity contribution in [2.24, 2.45) is 11.3 Å². The first-order chi connectivity index (χ1) is 7.38. The van der Waals surface area contributed by atoms with E-state index in [1.807, 2.05) is 0 Å². The molecule has 0 saturated heterocycles. The minimum absolute atomic E-state index is 0.272. The van der Waals surface area contributed by atoms with Gasteiger partial charge in [-0.05, 0) is 30.7 Å². The predicted octanol–water partition coefficient (Wildman–Crippen LogP) is 3.46. The maximum Gasteiger partial charge on any atom is 0.0624 e. The number of hydrogen-bond acceptors (Lipinski definition) is 2. The molecule has 1 N–H and O–H groups in total. The van der Waals surface area contributed by atoms with Gasteiger partial charge in [0.05, 0.1) is 6.61 Å². The van der Waals surface area contributed by atoms with Gasteiger partial charge in [0.25, 0.3) is 0 Å². The van der Waals surface area contributed by atoms with Crippen LogP contribution in [0, 0.1) is 11.3 Å². The van der Waals surface area contributed by atoms with Crippen LogP contribution in [-0.2, 0) is 4.74 Å². The van der Waals surface area contributed by atoms with Crippen LogP contribution in [0.3, 0.4) is 0 Å². The molecule has 0 aliphatic heterocycles. The Morgan fingerprint density at radius 2 is 1.81 bits per heavy atom. The van der Waals surface area contributed by atoms with Crippen LogP contribution in [0.4, 0.5) is 0 Å². The molecule has 2 heteroatoms. The van der Waals surface area contributed by atoms with Gasteiger partial charge in [-0.2, -0.15) is 0 Å². The fourth-order valence-electron chi connectivity index (χ4n) is 1.66. The van der Waals surface area contributed by atoms with E-state index >= 15 is 0 Å². The van der Waals surface area contributed by atoms with E-state index < -0.39 is 0 Å². The molecule has 0 spiro atoms. The molecule has 0 aliphatic carbocycles. The molecule has 2 nitrogen and oxygen atoms in total. The molecule has 1 unspecified atom stereocenters. The average Bonchev–Trinajstić information content (AvgIpc) is 2.13. The second-order valence-corrected chi connectivity index (χ2v) is 6.09. The van der Waals surface area contributed by atoms with Gasteiger partial charge in [-0.1, -0.05) is 41.5 Å². The maximum atomic E-state index is 5.76. The van der Waals surface area contributed by atoms with Gasteiger partial charge in [0, 0.05) is 12.6 Å². The number of ether oxygens (including phenoxy) is 1. The Balaban J connectivity index is 3.69. The smallest absolute Gasteiger partial charge is 0.0624 e. The van der Waals surface area contributed by atoms with E-state index in [9.17, 15) is 0 Å². The molecule has 0 aromatic carbocycles. The molecule has 0 saturated carbocycles. The van der Waals surface area contributed by atoms with Crippen LogP contribution in [0.5, 0.6) is 0 Å². The molecule has 0 radical (unpaired) electrons. The Labute approximate surface area is 102 Å². The summed E-state index contributed by atoms with van der Waals surface area (Å²) in [6.07, 6.45) is 2.45. The Kier molecular flexibility index (Phi) is 8.04. The van der Waals surface area contributed by atoms with Crippen molar-refractivity contribution in [1.29, 1.82) is 0 Å². The van der Waals surface area contributed by atoms with Crippen molar-refractivity contribution in [3.63, 3.8) is 0 Å². The molecule has 0 bridgehead atoms. The lowest BCUT2D eigenvalue weighted by Gasteiger charge is -2.31. The highest BCUT2D eigenvalue weighted by Crippen LogP contribution is 2.19. The van der Waals surface area contributed by atoms with Crippen molar-refractivity contribution in [3.8, 4) is 0 Å². The predicted molar refractivity (Wildman–Crippen MR) is 71.8 cm³/mol. The highest BCUT2D eigenvalue weighted by molar-refractivity contribution is 4.79. The number of likely N-dealkylation sites (N-methyl/N-ethyl adjacent to an activating group) is 1. The summed E-state index contributed by atoms with van der Waals surface area (Å²) in [5.74, 6) is 0.788. The molecule has 0 aliphatic rings. The monoisotopic (exact) mass is 229 g/mol. The van der Waals surface area contributed by atoms with Crippen molar-refractivity contribution < 1.29 is 4.74 Å². The molecule has 0 amide bonds. The highest BCUT2D eigenvalue weighted by Gasteiger charge is 2.23. The van der Waals surface area contributed by atoms with E-state index in [4.69, 9.17) is 4.74 Å². The first-order valence-electron chi connectivity index (χ1n) is 6.69. The van der Waals surface area contributed by atoms with Gasteiger partial charge in [-0.15, -0.1) is 0 Å². The van der Waals surface area contributed by atoms with Gasteiger partial charge in [-0.25, -0.2) is 0 Å². The van der Waals surface area contributed by atoms with E-state index in [1.165, 1.54) is 12.8 Å². The zero-order chi connectivity index (χ0) is 12.6. The van der Waals surface area contributed by atoms with Crippen molar-refractivity contribution in [2.45, 2.75) is 60.4 Å². The zero-order valence-electron chi connectivity index (χ0n) is 12.1. The minimum Gasteiger partial charge on any atom is -0.380 e. The summed E-state index contributed by atoms with van der Waals surface area (Å²) < 4.78 is 5.76. The molecule has 0 aromatic heterocycles. The molecule has 0 heterocycles. The van der Waals surface area contributed by atoms with Gasteiger partial charge in [0.15, 0.2) is 0 Å². The van der Waals surface area contributed by atoms with Crippen LogP contribution >= 0.6 is 0 Å².